The molecule has 1 heterocycles. The number of hydrogen-bond donors (Lipinski definition) is 1. The molecule has 3 rings (SSSR count). The van der Waals surface area contributed by atoms with Crippen LogP contribution in [0.25, 0.3) is 22.4 Å². The Balaban J connectivity index is 2.36. The third kappa shape index (κ3) is 3.94. The molecule has 0 aliphatic carbocycles. The van der Waals surface area contributed by atoms with Gasteiger partial charge in [0.2, 0.25) is 0 Å². The zero-order valence-corrected chi connectivity index (χ0v) is 16.5. The lowest BCUT2D eigenvalue weighted by molar-refractivity contribution is 0.100. The standard InChI is InChI=1S/C21H21N3O3S/c1-3-28(27,4-2)24-21(26)18-17(15-11-7-5-8-12-15)19(22-23-20(18)25)16-13-9-6-10-14-16/h5-14H,3-4H2,1-2H3,(H,23,25). The lowest BCUT2D eigenvalue weighted by atomic mass is 9.95. The van der Waals surface area contributed by atoms with Gasteiger partial charge in [-0.3, -0.25) is 9.59 Å². The van der Waals surface area contributed by atoms with E-state index in [4.69, 9.17) is 0 Å². The summed E-state index contributed by atoms with van der Waals surface area (Å²) >= 11 is 0. The predicted molar refractivity (Wildman–Crippen MR) is 112 cm³/mol. The van der Waals surface area contributed by atoms with Gasteiger partial charge in [0, 0.05) is 22.6 Å². The number of carbonyl (C=O) groups is 1. The van der Waals surface area contributed by atoms with Crippen molar-refractivity contribution in [3.63, 3.8) is 0 Å². The van der Waals surface area contributed by atoms with Crippen LogP contribution in [-0.4, -0.2) is 31.8 Å². The van der Waals surface area contributed by atoms with Crippen LogP contribution in [0.1, 0.15) is 24.2 Å². The van der Waals surface area contributed by atoms with Gasteiger partial charge in [-0.25, -0.2) is 9.31 Å². The monoisotopic (exact) mass is 395 g/mol. The van der Waals surface area contributed by atoms with E-state index in [1.54, 1.807) is 26.0 Å². The van der Waals surface area contributed by atoms with Crippen molar-refractivity contribution < 1.29 is 9.00 Å². The number of nitrogens with one attached hydrogen (secondary N) is 1. The number of carbonyl (C=O) groups excluding carboxylic acids is 1. The van der Waals surface area contributed by atoms with Crippen LogP contribution in [0, 0.1) is 0 Å². The molecule has 0 atom stereocenters. The summed E-state index contributed by atoms with van der Waals surface area (Å²) in [5, 5.41) is 6.60. The summed E-state index contributed by atoms with van der Waals surface area (Å²) in [6, 6.07) is 18.4. The van der Waals surface area contributed by atoms with Gasteiger partial charge in [0.1, 0.15) is 5.56 Å². The summed E-state index contributed by atoms with van der Waals surface area (Å²) in [5.41, 5.74) is 1.47. The second-order valence-electron chi connectivity index (χ2n) is 6.13. The van der Waals surface area contributed by atoms with Crippen LogP contribution in [-0.2, 0) is 9.73 Å². The first-order valence-corrected chi connectivity index (χ1v) is 10.8. The Bertz CT molecular complexity index is 1150. The van der Waals surface area contributed by atoms with E-state index in [1.165, 1.54) is 0 Å². The third-order valence-corrected chi connectivity index (χ3v) is 6.76. The maximum absolute atomic E-state index is 13.0. The van der Waals surface area contributed by atoms with E-state index in [0.29, 0.717) is 16.8 Å². The van der Waals surface area contributed by atoms with Crippen molar-refractivity contribution in [1.29, 1.82) is 0 Å². The van der Waals surface area contributed by atoms with Crippen LogP contribution >= 0.6 is 0 Å². The molecule has 7 heteroatoms. The second-order valence-corrected chi connectivity index (χ2v) is 9.01. The molecule has 0 saturated heterocycles. The second kappa shape index (κ2) is 8.31. The molecule has 1 aromatic heterocycles. The third-order valence-electron chi connectivity index (χ3n) is 4.46. The van der Waals surface area contributed by atoms with E-state index >= 15 is 0 Å². The molecule has 0 fully saturated rings. The minimum absolute atomic E-state index is 0.144. The first-order valence-electron chi connectivity index (χ1n) is 8.99. The topological polar surface area (TPSA) is 92.2 Å². The van der Waals surface area contributed by atoms with Crippen LogP contribution in [0.3, 0.4) is 0 Å². The Kier molecular flexibility index (Phi) is 5.84. The number of H-pyrrole nitrogens is 1. The first kappa shape index (κ1) is 19.7. The van der Waals surface area contributed by atoms with Gasteiger partial charge < -0.3 is 0 Å². The Morgan fingerprint density at radius 1 is 0.964 bits per heavy atom. The molecule has 3 aromatic rings. The quantitative estimate of drug-likeness (QED) is 0.712. The number of aromatic nitrogens is 2. The van der Waals surface area contributed by atoms with E-state index < -0.39 is 21.2 Å². The molecule has 0 radical (unpaired) electrons. The largest absolute Gasteiger partial charge is 0.291 e. The molecular formula is C21H21N3O3S. The van der Waals surface area contributed by atoms with Gasteiger partial charge in [-0.15, -0.1) is 0 Å². The molecule has 28 heavy (non-hydrogen) atoms. The predicted octanol–water partition coefficient (Wildman–Crippen LogP) is 3.75. The fourth-order valence-electron chi connectivity index (χ4n) is 2.88. The Hall–Kier alpha value is -3.06. The van der Waals surface area contributed by atoms with E-state index in [2.05, 4.69) is 14.6 Å². The van der Waals surface area contributed by atoms with Crippen molar-refractivity contribution in [2.75, 3.05) is 11.5 Å². The number of benzene rings is 2. The molecule has 0 unspecified atom stereocenters. The average molecular weight is 395 g/mol. The SMILES string of the molecule is CCS(=O)(CC)=NC(=O)c1c(-c2ccccc2)c(-c2ccccc2)n[nH]c1=O. The molecule has 0 saturated carbocycles. The van der Waals surface area contributed by atoms with E-state index in [0.717, 1.165) is 5.56 Å². The van der Waals surface area contributed by atoms with Crippen LogP contribution in [0.15, 0.2) is 69.8 Å². The Labute approximate surface area is 163 Å². The summed E-state index contributed by atoms with van der Waals surface area (Å²) in [7, 11) is -2.70. The molecule has 1 N–H and O–H groups in total. The molecule has 0 aliphatic rings. The van der Waals surface area contributed by atoms with Crippen LogP contribution in [0.4, 0.5) is 0 Å². The maximum atomic E-state index is 13.0. The van der Waals surface area contributed by atoms with Crippen LogP contribution in [0.2, 0.25) is 0 Å². The van der Waals surface area contributed by atoms with Gasteiger partial charge >= 0.3 is 0 Å². The highest BCUT2D eigenvalue weighted by atomic mass is 32.2. The highest BCUT2D eigenvalue weighted by Gasteiger charge is 2.23. The smallest absolute Gasteiger partial charge is 0.267 e. The number of rotatable bonds is 5. The van der Waals surface area contributed by atoms with Crippen molar-refractivity contribution >= 4 is 15.6 Å². The Morgan fingerprint density at radius 2 is 1.50 bits per heavy atom. The first-order chi connectivity index (χ1) is 13.5. The van der Waals surface area contributed by atoms with Crippen LogP contribution in [0.5, 0.6) is 0 Å². The van der Waals surface area contributed by atoms with E-state index in [-0.39, 0.29) is 17.1 Å². The Morgan fingerprint density at radius 3 is 2.04 bits per heavy atom. The highest BCUT2D eigenvalue weighted by Crippen LogP contribution is 2.31. The van der Waals surface area contributed by atoms with Crippen molar-refractivity contribution in [1.82, 2.24) is 10.2 Å². The summed E-state index contributed by atoms with van der Waals surface area (Å²) in [6.07, 6.45) is 0. The molecule has 0 spiro atoms. The zero-order valence-electron chi connectivity index (χ0n) is 15.7. The lowest BCUT2D eigenvalue weighted by Gasteiger charge is -2.12. The van der Waals surface area contributed by atoms with E-state index in [1.807, 2.05) is 48.5 Å². The molecule has 6 nitrogen and oxygen atoms in total. The van der Waals surface area contributed by atoms with Crippen molar-refractivity contribution in [2.45, 2.75) is 13.8 Å². The minimum atomic E-state index is -2.70. The summed E-state index contributed by atoms with van der Waals surface area (Å²) < 4.78 is 16.6. The van der Waals surface area contributed by atoms with Gasteiger partial charge in [-0.05, 0) is 5.56 Å². The fraction of sp³-hybridized carbons (Fsp3) is 0.190. The van der Waals surface area contributed by atoms with Gasteiger partial charge in [0.05, 0.1) is 15.4 Å². The summed E-state index contributed by atoms with van der Waals surface area (Å²) in [6.45, 7) is 3.43. The van der Waals surface area contributed by atoms with E-state index in [9.17, 15) is 13.8 Å². The van der Waals surface area contributed by atoms with Gasteiger partial charge in [-0.1, -0.05) is 74.5 Å². The summed E-state index contributed by atoms with van der Waals surface area (Å²) in [4.78, 5) is 25.6. The van der Waals surface area contributed by atoms with Crippen molar-refractivity contribution in [3.05, 3.63) is 76.6 Å². The summed E-state index contributed by atoms with van der Waals surface area (Å²) in [5.74, 6) is -0.303. The molecule has 1 amide bonds. The molecule has 2 aromatic carbocycles. The highest BCUT2D eigenvalue weighted by molar-refractivity contribution is 7.93. The number of aromatic amines is 1. The van der Waals surface area contributed by atoms with Gasteiger partial charge in [-0.2, -0.15) is 9.46 Å². The lowest BCUT2D eigenvalue weighted by Crippen LogP contribution is -2.22. The van der Waals surface area contributed by atoms with Gasteiger partial charge in [0.15, 0.2) is 0 Å². The molecule has 0 aliphatic heterocycles. The molecule has 0 bridgehead atoms. The zero-order chi connectivity index (χ0) is 20.1. The number of hydrogen-bond acceptors (Lipinski definition) is 4. The van der Waals surface area contributed by atoms with Crippen molar-refractivity contribution in [3.8, 4) is 22.4 Å². The van der Waals surface area contributed by atoms with Crippen LogP contribution < -0.4 is 5.56 Å². The number of nitrogens with zero attached hydrogens (tertiary/aromatic N) is 2. The number of amides is 1. The maximum Gasteiger partial charge on any atom is 0.291 e. The van der Waals surface area contributed by atoms with Gasteiger partial charge in [0.25, 0.3) is 11.5 Å². The fourth-order valence-corrected chi connectivity index (χ4v) is 3.94. The normalized spacial score (nSPS) is 11.2. The molecular weight excluding hydrogens is 374 g/mol. The average Bonchev–Trinajstić information content (AvgIpc) is 2.74. The molecule has 144 valence electrons. The minimum Gasteiger partial charge on any atom is -0.267 e. The van der Waals surface area contributed by atoms with Crippen molar-refractivity contribution in [2.24, 2.45) is 4.36 Å².